The average molecular weight is 318 g/mol. The van der Waals surface area contributed by atoms with Gasteiger partial charge in [0.1, 0.15) is 5.75 Å². The van der Waals surface area contributed by atoms with Crippen LogP contribution in [0.5, 0.6) is 5.75 Å². The summed E-state index contributed by atoms with van der Waals surface area (Å²) in [6.07, 6.45) is 1.03. The van der Waals surface area contributed by atoms with Gasteiger partial charge in [0.2, 0.25) is 5.91 Å². The average Bonchev–Trinajstić information content (AvgIpc) is 2.34. The van der Waals surface area contributed by atoms with Crippen molar-refractivity contribution in [1.29, 1.82) is 0 Å². The van der Waals surface area contributed by atoms with Crippen molar-refractivity contribution in [2.45, 2.75) is 32.2 Å². The normalized spacial score (nSPS) is 22.6. The minimum absolute atomic E-state index is 0.119. The van der Waals surface area contributed by atoms with E-state index in [0.29, 0.717) is 17.9 Å². The summed E-state index contributed by atoms with van der Waals surface area (Å²) in [5.41, 5.74) is -0.203. The Hall–Kier alpha value is -1.27. The fourth-order valence-corrected chi connectivity index (χ4v) is 3.98. The van der Waals surface area contributed by atoms with Gasteiger partial charge in [-0.1, -0.05) is 19.1 Å². The summed E-state index contributed by atoms with van der Waals surface area (Å²) in [4.78, 5) is 11.5. The molecule has 1 heterocycles. The van der Waals surface area contributed by atoms with E-state index in [4.69, 9.17) is 15.4 Å². The molecule has 1 aliphatic heterocycles. The van der Waals surface area contributed by atoms with Crippen LogP contribution in [0.25, 0.3) is 0 Å². The maximum absolute atomic E-state index is 11.5. The molecule has 0 aromatic heterocycles. The van der Waals surface area contributed by atoms with Crippen LogP contribution < -0.4 is 4.74 Å². The summed E-state index contributed by atoms with van der Waals surface area (Å²) in [5, 5.41) is 0. The summed E-state index contributed by atoms with van der Waals surface area (Å²) in [6.45, 7) is 4.31. The Morgan fingerprint density at radius 2 is 1.95 bits per heavy atom. The third kappa shape index (κ3) is 2.62. The molecular formula is C13H16ClNO4S. The number of hydrogen-bond acceptors (Lipinski definition) is 4. The van der Waals surface area contributed by atoms with Gasteiger partial charge in [0.15, 0.2) is 0 Å². The van der Waals surface area contributed by atoms with Crippen LogP contribution >= 0.6 is 10.7 Å². The highest BCUT2D eigenvalue weighted by Gasteiger charge is 2.54. The predicted molar refractivity (Wildman–Crippen MR) is 75.8 cm³/mol. The molecule has 0 aliphatic carbocycles. The predicted octanol–water partition coefficient (Wildman–Crippen LogP) is 2.41. The number of halogens is 1. The zero-order chi connectivity index (χ0) is 15.0. The SMILES string of the molecule is CCCOc1ccc(C2(C)CC(=O)N2S(=O)(=O)Cl)cc1. The Balaban J connectivity index is 2.25. The highest BCUT2D eigenvalue weighted by Crippen LogP contribution is 2.44. The Labute approximate surface area is 123 Å². The van der Waals surface area contributed by atoms with Gasteiger partial charge in [0.05, 0.1) is 18.6 Å². The van der Waals surface area contributed by atoms with Gasteiger partial charge in [-0.25, -0.2) is 4.31 Å². The molecule has 0 bridgehead atoms. The number of β-lactam (4-membered cyclic amide) rings is 1. The van der Waals surface area contributed by atoms with E-state index < -0.39 is 20.7 Å². The first-order valence-electron chi connectivity index (χ1n) is 6.30. The molecular weight excluding hydrogens is 302 g/mol. The molecule has 1 atom stereocenters. The lowest BCUT2D eigenvalue weighted by atomic mass is 9.82. The molecule has 2 rings (SSSR count). The lowest BCUT2D eigenvalue weighted by Crippen LogP contribution is -2.60. The second-order valence-corrected chi connectivity index (χ2v) is 7.28. The number of ether oxygens (including phenoxy) is 1. The van der Waals surface area contributed by atoms with Crippen molar-refractivity contribution >= 4 is 25.8 Å². The fraction of sp³-hybridized carbons (Fsp3) is 0.462. The maximum Gasteiger partial charge on any atom is 0.324 e. The number of nitrogens with zero attached hydrogens (tertiary/aromatic N) is 1. The van der Waals surface area contributed by atoms with Crippen LogP contribution in [0.2, 0.25) is 0 Å². The highest BCUT2D eigenvalue weighted by molar-refractivity contribution is 8.12. The van der Waals surface area contributed by atoms with Gasteiger partial charge in [-0.05, 0) is 31.0 Å². The quantitative estimate of drug-likeness (QED) is 0.618. The van der Waals surface area contributed by atoms with E-state index in [9.17, 15) is 13.2 Å². The first-order chi connectivity index (χ1) is 9.29. The van der Waals surface area contributed by atoms with Crippen molar-refractivity contribution in [3.8, 4) is 5.75 Å². The van der Waals surface area contributed by atoms with Crippen molar-refractivity contribution in [1.82, 2.24) is 4.31 Å². The third-order valence-electron chi connectivity index (χ3n) is 3.34. The van der Waals surface area contributed by atoms with Gasteiger partial charge in [0.25, 0.3) is 0 Å². The molecule has 0 saturated carbocycles. The molecule has 0 N–H and O–H groups in total. The maximum atomic E-state index is 11.5. The Morgan fingerprint density at radius 1 is 1.35 bits per heavy atom. The van der Waals surface area contributed by atoms with Crippen LogP contribution in [0, 0.1) is 0 Å². The van der Waals surface area contributed by atoms with E-state index in [0.717, 1.165) is 10.7 Å². The van der Waals surface area contributed by atoms with E-state index in [2.05, 4.69) is 0 Å². The van der Waals surface area contributed by atoms with Crippen LogP contribution in [0.3, 0.4) is 0 Å². The molecule has 1 aliphatic rings. The Kier molecular flexibility index (Phi) is 3.97. The van der Waals surface area contributed by atoms with Crippen LogP contribution in [-0.4, -0.2) is 25.2 Å². The van der Waals surface area contributed by atoms with Crippen LogP contribution in [-0.2, 0) is 19.6 Å². The van der Waals surface area contributed by atoms with Crippen molar-refractivity contribution in [2.75, 3.05) is 6.61 Å². The largest absolute Gasteiger partial charge is 0.494 e. The smallest absolute Gasteiger partial charge is 0.324 e. The van der Waals surface area contributed by atoms with Crippen LogP contribution in [0.1, 0.15) is 32.3 Å². The molecule has 110 valence electrons. The molecule has 1 aromatic rings. The van der Waals surface area contributed by atoms with Crippen LogP contribution in [0.15, 0.2) is 24.3 Å². The van der Waals surface area contributed by atoms with Gasteiger partial charge >= 0.3 is 9.24 Å². The molecule has 0 spiro atoms. The molecule has 20 heavy (non-hydrogen) atoms. The van der Waals surface area contributed by atoms with E-state index in [1.54, 1.807) is 31.2 Å². The van der Waals surface area contributed by atoms with E-state index in [-0.39, 0.29) is 6.42 Å². The number of rotatable bonds is 5. The van der Waals surface area contributed by atoms with Gasteiger partial charge in [0, 0.05) is 10.7 Å². The lowest BCUT2D eigenvalue weighted by molar-refractivity contribution is -0.144. The van der Waals surface area contributed by atoms with Crippen molar-refractivity contribution in [2.24, 2.45) is 0 Å². The molecule has 1 amide bonds. The Morgan fingerprint density at radius 3 is 2.40 bits per heavy atom. The highest BCUT2D eigenvalue weighted by atomic mass is 35.7. The number of hydrogen-bond donors (Lipinski definition) is 0. The number of amides is 1. The summed E-state index contributed by atoms with van der Waals surface area (Å²) in [6, 6.07) is 7.04. The molecule has 1 fully saturated rings. The molecule has 0 radical (unpaired) electrons. The van der Waals surface area contributed by atoms with Crippen molar-refractivity contribution in [3.63, 3.8) is 0 Å². The molecule has 1 aromatic carbocycles. The molecule has 5 nitrogen and oxygen atoms in total. The first-order valence-corrected chi connectivity index (χ1v) is 8.57. The Bertz CT molecular complexity index is 614. The second-order valence-electron chi connectivity index (χ2n) is 4.92. The summed E-state index contributed by atoms with van der Waals surface area (Å²) in [5.74, 6) is 0.221. The molecule has 1 saturated heterocycles. The van der Waals surface area contributed by atoms with Gasteiger partial charge in [-0.15, -0.1) is 0 Å². The van der Waals surface area contributed by atoms with Crippen molar-refractivity contribution < 1.29 is 17.9 Å². The number of benzene rings is 1. The second kappa shape index (κ2) is 5.26. The summed E-state index contributed by atoms with van der Waals surface area (Å²) >= 11 is 0. The van der Waals surface area contributed by atoms with Gasteiger partial charge in [-0.3, -0.25) is 4.79 Å². The van der Waals surface area contributed by atoms with E-state index in [1.165, 1.54) is 0 Å². The number of carbonyl (C=O) groups excluding carboxylic acids is 1. The van der Waals surface area contributed by atoms with E-state index >= 15 is 0 Å². The lowest BCUT2D eigenvalue weighted by Gasteiger charge is -2.47. The minimum Gasteiger partial charge on any atom is -0.494 e. The fourth-order valence-electron chi connectivity index (χ4n) is 2.33. The van der Waals surface area contributed by atoms with Gasteiger partial charge in [-0.2, -0.15) is 8.42 Å². The van der Waals surface area contributed by atoms with Crippen LogP contribution in [0.4, 0.5) is 0 Å². The third-order valence-corrected chi connectivity index (χ3v) is 4.79. The number of carbonyl (C=O) groups is 1. The monoisotopic (exact) mass is 317 g/mol. The first kappa shape index (κ1) is 15.1. The topological polar surface area (TPSA) is 63.7 Å². The molecule has 1 unspecified atom stereocenters. The standard InChI is InChI=1S/C13H16ClNO4S/c1-3-8-19-11-6-4-10(5-7-11)13(2)9-12(16)15(13)20(14,17)18/h4-7H,3,8-9H2,1-2H3. The van der Waals surface area contributed by atoms with Gasteiger partial charge < -0.3 is 4.74 Å². The minimum atomic E-state index is -4.07. The van der Waals surface area contributed by atoms with E-state index in [1.807, 2.05) is 6.92 Å². The summed E-state index contributed by atoms with van der Waals surface area (Å²) in [7, 11) is 1.25. The zero-order valence-electron chi connectivity index (χ0n) is 11.3. The molecule has 7 heteroatoms. The van der Waals surface area contributed by atoms with Crippen molar-refractivity contribution in [3.05, 3.63) is 29.8 Å². The zero-order valence-corrected chi connectivity index (χ0v) is 12.9. The summed E-state index contributed by atoms with van der Waals surface area (Å²) < 4.78 is 29.1.